The van der Waals surface area contributed by atoms with Crippen LogP contribution in [0.2, 0.25) is 0 Å². The van der Waals surface area contributed by atoms with Crippen LogP contribution in [0.1, 0.15) is 44.3 Å². The second kappa shape index (κ2) is 3.47. The minimum absolute atomic E-state index is 0.222. The number of hydrogen-bond donors (Lipinski definition) is 1. The van der Waals surface area contributed by atoms with E-state index in [0.29, 0.717) is 5.82 Å². The van der Waals surface area contributed by atoms with Gasteiger partial charge in [0.25, 0.3) is 0 Å². The average Bonchev–Trinajstić information content (AvgIpc) is 2.48. The molecule has 1 heterocycles. The molecule has 1 aromatic heterocycles. The van der Waals surface area contributed by atoms with Gasteiger partial charge in [-0.2, -0.15) is 0 Å². The standard InChI is InChI=1S/C12H19N3/c1-12(2,3)7-10-14-9-6-4-5-8(9)11(13)15-10/h4-7H2,1-3H3,(H2,13,14,15). The summed E-state index contributed by atoms with van der Waals surface area (Å²) in [6, 6.07) is 0. The minimum atomic E-state index is 0.222. The first-order valence-electron chi connectivity index (χ1n) is 5.60. The van der Waals surface area contributed by atoms with Gasteiger partial charge in [0.05, 0.1) is 0 Å². The van der Waals surface area contributed by atoms with Gasteiger partial charge >= 0.3 is 0 Å². The molecule has 0 radical (unpaired) electrons. The van der Waals surface area contributed by atoms with Crippen LogP contribution in [0.3, 0.4) is 0 Å². The molecule has 0 spiro atoms. The van der Waals surface area contributed by atoms with E-state index in [1.165, 1.54) is 17.7 Å². The maximum absolute atomic E-state index is 5.94. The third kappa shape index (κ3) is 2.28. The maximum atomic E-state index is 5.94. The van der Waals surface area contributed by atoms with Crippen LogP contribution in [0.5, 0.6) is 0 Å². The predicted octanol–water partition coefficient (Wildman–Crippen LogP) is 2.14. The van der Waals surface area contributed by atoms with Crippen LogP contribution in [-0.4, -0.2) is 9.97 Å². The van der Waals surface area contributed by atoms with Gasteiger partial charge < -0.3 is 5.73 Å². The molecule has 0 fully saturated rings. The Morgan fingerprint density at radius 3 is 2.60 bits per heavy atom. The quantitative estimate of drug-likeness (QED) is 0.764. The molecule has 15 heavy (non-hydrogen) atoms. The highest BCUT2D eigenvalue weighted by molar-refractivity contribution is 5.44. The summed E-state index contributed by atoms with van der Waals surface area (Å²) in [5, 5.41) is 0. The molecule has 0 atom stereocenters. The third-order valence-corrected chi connectivity index (χ3v) is 2.70. The number of hydrogen-bond acceptors (Lipinski definition) is 3. The Morgan fingerprint density at radius 1 is 1.20 bits per heavy atom. The number of anilines is 1. The van der Waals surface area contributed by atoms with Crippen molar-refractivity contribution in [2.75, 3.05) is 5.73 Å². The van der Waals surface area contributed by atoms with Crippen LogP contribution in [0, 0.1) is 5.41 Å². The fourth-order valence-corrected chi connectivity index (χ4v) is 2.07. The van der Waals surface area contributed by atoms with Gasteiger partial charge in [0, 0.05) is 17.7 Å². The molecular formula is C12H19N3. The van der Waals surface area contributed by atoms with Crippen LogP contribution in [-0.2, 0) is 19.3 Å². The Kier molecular flexibility index (Phi) is 2.41. The molecule has 2 N–H and O–H groups in total. The molecular weight excluding hydrogens is 186 g/mol. The van der Waals surface area contributed by atoms with E-state index in [-0.39, 0.29) is 5.41 Å². The second-order valence-electron chi connectivity index (χ2n) is 5.54. The van der Waals surface area contributed by atoms with E-state index < -0.39 is 0 Å². The molecule has 82 valence electrons. The summed E-state index contributed by atoms with van der Waals surface area (Å²) in [5.74, 6) is 1.61. The average molecular weight is 205 g/mol. The van der Waals surface area contributed by atoms with Crippen molar-refractivity contribution < 1.29 is 0 Å². The van der Waals surface area contributed by atoms with Crippen molar-refractivity contribution in [3.05, 3.63) is 17.1 Å². The lowest BCUT2D eigenvalue weighted by Crippen LogP contribution is -2.14. The van der Waals surface area contributed by atoms with Crippen molar-refractivity contribution in [1.82, 2.24) is 9.97 Å². The SMILES string of the molecule is CC(C)(C)Cc1nc(N)c2c(n1)CCC2. The number of aryl methyl sites for hydroxylation is 1. The number of aromatic nitrogens is 2. The van der Waals surface area contributed by atoms with E-state index in [1.54, 1.807) is 0 Å². The molecule has 1 aromatic rings. The molecule has 0 aromatic carbocycles. The minimum Gasteiger partial charge on any atom is -0.383 e. The lowest BCUT2D eigenvalue weighted by atomic mass is 9.92. The summed E-state index contributed by atoms with van der Waals surface area (Å²) >= 11 is 0. The van der Waals surface area contributed by atoms with Crippen LogP contribution in [0.25, 0.3) is 0 Å². The normalized spacial score (nSPS) is 15.4. The van der Waals surface area contributed by atoms with Gasteiger partial charge in [-0.25, -0.2) is 9.97 Å². The van der Waals surface area contributed by atoms with Gasteiger partial charge in [-0.15, -0.1) is 0 Å². The van der Waals surface area contributed by atoms with Crippen molar-refractivity contribution >= 4 is 5.82 Å². The molecule has 0 unspecified atom stereocenters. The Bertz CT molecular complexity index is 377. The number of nitrogens with zero attached hydrogens (tertiary/aromatic N) is 2. The van der Waals surface area contributed by atoms with Crippen molar-refractivity contribution in [2.24, 2.45) is 5.41 Å². The Labute approximate surface area is 91.1 Å². The number of rotatable bonds is 1. The van der Waals surface area contributed by atoms with Crippen molar-refractivity contribution in [2.45, 2.75) is 46.5 Å². The molecule has 0 aliphatic heterocycles. The number of nitrogens with two attached hydrogens (primary N) is 1. The fraction of sp³-hybridized carbons (Fsp3) is 0.667. The molecule has 0 saturated carbocycles. The molecule has 1 aliphatic rings. The highest BCUT2D eigenvalue weighted by Crippen LogP contribution is 2.26. The molecule has 2 rings (SSSR count). The van der Waals surface area contributed by atoms with Crippen LogP contribution < -0.4 is 5.73 Å². The Balaban J connectivity index is 2.32. The van der Waals surface area contributed by atoms with E-state index in [9.17, 15) is 0 Å². The summed E-state index contributed by atoms with van der Waals surface area (Å²) in [6.45, 7) is 6.58. The van der Waals surface area contributed by atoms with Crippen molar-refractivity contribution in [1.29, 1.82) is 0 Å². The van der Waals surface area contributed by atoms with Crippen LogP contribution >= 0.6 is 0 Å². The molecule has 0 bridgehead atoms. The van der Waals surface area contributed by atoms with Crippen molar-refractivity contribution in [3.8, 4) is 0 Å². The largest absolute Gasteiger partial charge is 0.383 e. The van der Waals surface area contributed by atoms with E-state index in [2.05, 4.69) is 30.7 Å². The van der Waals surface area contributed by atoms with Gasteiger partial charge in [-0.3, -0.25) is 0 Å². The topological polar surface area (TPSA) is 51.8 Å². The Hall–Kier alpha value is -1.12. The zero-order valence-corrected chi connectivity index (χ0v) is 9.80. The highest BCUT2D eigenvalue weighted by Gasteiger charge is 2.20. The van der Waals surface area contributed by atoms with Gasteiger partial charge in [0.2, 0.25) is 0 Å². The first kappa shape index (κ1) is 10.4. The Morgan fingerprint density at radius 2 is 1.93 bits per heavy atom. The summed E-state index contributed by atoms with van der Waals surface area (Å²) in [5.41, 5.74) is 8.53. The van der Waals surface area contributed by atoms with Gasteiger partial charge in [0.1, 0.15) is 11.6 Å². The van der Waals surface area contributed by atoms with E-state index in [1.807, 2.05) is 0 Å². The van der Waals surface area contributed by atoms with Crippen LogP contribution in [0.15, 0.2) is 0 Å². The van der Waals surface area contributed by atoms with E-state index in [4.69, 9.17) is 5.73 Å². The molecule has 3 nitrogen and oxygen atoms in total. The lowest BCUT2D eigenvalue weighted by molar-refractivity contribution is 0.400. The molecule has 0 saturated heterocycles. The predicted molar refractivity (Wildman–Crippen MR) is 61.6 cm³/mol. The smallest absolute Gasteiger partial charge is 0.131 e. The van der Waals surface area contributed by atoms with Crippen molar-refractivity contribution in [3.63, 3.8) is 0 Å². The summed E-state index contributed by atoms with van der Waals surface area (Å²) in [4.78, 5) is 9.01. The fourth-order valence-electron chi connectivity index (χ4n) is 2.07. The molecule has 0 amide bonds. The van der Waals surface area contributed by atoms with Gasteiger partial charge in [-0.05, 0) is 24.7 Å². The lowest BCUT2D eigenvalue weighted by Gasteiger charge is -2.17. The van der Waals surface area contributed by atoms with Gasteiger partial charge in [0.15, 0.2) is 0 Å². The maximum Gasteiger partial charge on any atom is 0.131 e. The molecule has 3 heteroatoms. The zero-order chi connectivity index (χ0) is 11.1. The third-order valence-electron chi connectivity index (χ3n) is 2.70. The first-order chi connectivity index (χ1) is 6.96. The van der Waals surface area contributed by atoms with Crippen LogP contribution in [0.4, 0.5) is 5.82 Å². The summed E-state index contributed by atoms with van der Waals surface area (Å²) in [6.07, 6.45) is 4.19. The number of nitrogen functional groups attached to an aromatic ring is 1. The summed E-state index contributed by atoms with van der Waals surface area (Å²) in [7, 11) is 0. The first-order valence-corrected chi connectivity index (χ1v) is 5.60. The zero-order valence-electron chi connectivity index (χ0n) is 9.80. The highest BCUT2D eigenvalue weighted by atomic mass is 15.0. The number of fused-ring (bicyclic) bond motifs is 1. The second-order valence-corrected chi connectivity index (χ2v) is 5.54. The van der Waals surface area contributed by atoms with E-state index in [0.717, 1.165) is 25.1 Å². The summed E-state index contributed by atoms with van der Waals surface area (Å²) < 4.78 is 0. The van der Waals surface area contributed by atoms with Gasteiger partial charge in [-0.1, -0.05) is 20.8 Å². The monoisotopic (exact) mass is 205 g/mol. The molecule has 1 aliphatic carbocycles. The van der Waals surface area contributed by atoms with E-state index >= 15 is 0 Å².